The summed E-state index contributed by atoms with van der Waals surface area (Å²) in [6, 6.07) is 0.728. The van der Waals surface area contributed by atoms with Gasteiger partial charge in [-0.3, -0.25) is 9.69 Å². The molecule has 0 aromatic heterocycles. The molecule has 0 N–H and O–H groups in total. The van der Waals surface area contributed by atoms with E-state index in [-0.39, 0.29) is 11.6 Å². The van der Waals surface area contributed by atoms with Crippen LogP contribution in [0.25, 0.3) is 0 Å². The Morgan fingerprint density at radius 2 is 1.89 bits per heavy atom. The van der Waals surface area contributed by atoms with Crippen molar-refractivity contribution in [3.8, 4) is 0 Å². The van der Waals surface area contributed by atoms with Crippen molar-refractivity contribution in [3.63, 3.8) is 0 Å². The molecule has 1 fully saturated rings. The number of carbonyl (C=O) groups excluding carboxylic acids is 1. The van der Waals surface area contributed by atoms with Crippen molar-refractivity contribution in [2.75, 3.05) is 13.1 Å². The van der Waals surface area contributed by atoms with Gasteiger partial charge in [-0.15, -0.1) is 0 Å². The minimum atomic E-state index is -0.362. The minimum Gasteiger partial charge on any atom is -0.460 e. The zero-order valence-corrected chi connectivity index (χ0v) is 12.7. The molecule has 0 bridgehead atoms. The molecule has 0 amide bonds. The summed E-state index contributed by atoms with van der Waals surface area (Å²) in [6.07, 6.45) is 4.33. The lowest BCUT2D eigenvalue weighted by Crippen LogP contribution is -2.32. The molecule has 18 heavy (non-hydrogen) atoms. The summed E-state index contributed by atoms with van der Waals surface area (Å²) in [4.78, 5) is 14.2. The highest BCUT2D eigenvalue weighted by Gasteiger charge is 2.29. The van der Waals surface area contributed by atoms with Crippen molar-refractivity contribution >= 4 is 5.97 Å². The maximum absolute atomic E-state index is 11.7. The molecule has 1 saturated carbocycles. The zero-order chi connectivity index (χ0) is 13.8. The molecule has 1 rings (SSSR count). The molecule has 106 valence electrons. The van der Waals surface area contributed by atoms with Crippen LogP contribution in [0.3, 0.4) is 0 Å². The predicted octanol–water partition coefficient (Wildman–Crippen LogP) is 3.23. The standard InChI is InChI=1S/C15H29NO2/c1-12(2)8-10-16(13-6-7-13)11-9-14(17)18-15(3,4)5/h12-13H,6-11H2,1-5H3. The molecule has 3 nitrogen and oxygen atoms in total. The highest BCUT2D eigenvalue weighted by atomic mass is 16.6. The first-order valence-corrected chi connectivity index (χ1v) is 7.24. The third-order valence-corrected chi connectivity index (χ3v) is 3.08. The monoisotopic (exact) mass is 255 g/mol. The van der Waals surface area contributed by atoms with Crippen LogP contribution in [0.4, 0.5) is 0 Å². The molecular formula is C15H29NO2. The Morgan fingerprint density at radius 1 is 1.28 bits per heavy atom. The van der Waals surface area contributed by atoms with Crippen molar-refractivity contribution in [1.82, 2.24) is 4.90 Å². The smallest absolute Gasteiger partial charge is 0.307 e. The maximum atomic E-state index is 11.7. The summed E-state index contributed by atoms with van der Waals surface area (Å²) >= 11 is 0. The number of ether oxygens (including phenoxy) is 1. The SMILES string of the molecule is CC(C)CCN(CCC(=O)OC(C)(C)C)C1CC1. The summed E-state index contributed by atoms with van der Waals surface area (Å²) < 4.78 is 5.35. The van der Waals surface area contributed by atoms with Gasteiger partial charge in [0.05, 0.1) is 6.42 Å². The van der Waals surface area contributed by atoms with Crippen molar-refractivity contribution in [2.45, 2.75) is 71.9 Å². The number of esters is 1. The molecule has 0 heterocycles. The first kappa shape index (κ1) is 15.5. The lowest BCUT2D eigenvalue weighted by atomic mass is 10.1. The van der Waals surface area contributed by atoms with E-state index in [0.717, 1.165) is 25.0 Å². The van der Waals surface area contributed by atoms with E-state index < -0.39 is 0 Å². The van der Waals surface area contributed by atoms with Crippen molar-refractivity contribution in [2.24, 2.45) is 5.92 Å². The van der Waals surface area contributed by atoms with Crippen LogP contribution < -0.4 is 0 Å². The van der Waals surface area contributed by atoms with E-state index in [1.165, 1.54) is 19.3 Å². The van der Waals surface area contributed by atoms with Gasteiger partial charge < -0.3 is 4.74 Å². The highest BCUT2D eigenvalue weighted by Crippen LogP contribution is 2.27. The largest absolute Gasteiger partial charge is 0.460 e. The second-order valence-corrected chi connectivity index (χ2v) is 6.79. The normalized spacial score (nSPS) is 16.4. The molecule has 0 aliphatic heterocycles. The van der Waals surface area contributed by atoms with Gasteiger partial charge in [-0.1, -0.05) is 13.8 Å². The molecule has 0 unspecified atom stereocenters. The highest BCUT2D eigenvalue weighted by molar-refractivity contribution is 5.70. The van der Waals surface area contributed by atoms with Gasteiger partial charge in [0.25, 0.3) is 0 Å². The van der Waals surface area contributed by atoms with Gasteiger partial charge in [0, 0.05) is 12.6 Å². The number of hydrogen-bond acceptors (Lipinski definition) is 3. The van der Waals surface area contributed by atoms with Gasteiger partial charge in [0.2, 0.25) is 0 Å². The summed E-state index contributed by atoms with van der Waals surface area (Å²) in [5.74, 6) is 0.658. The number of nitrogens with zero attached hydrogens (tertiary/aromatic N) is 1. The average molecular weight is 255 g/mol. The fraction of sp³-hybridized carbons (Fsp3) is 0.933. The van der Waals surface area contributed by atoms with E-state index in [4.69, 9.17) is 4.74 Å². The third-order valence-electron chi connectivity index (χ3n) is 3.08. The Labute approximate surface area is 112 Å². The molecule has 0 atom stereocenters. The Morgan fingerprint density at radius 3 is 2.33 bits per heavy atom. The lowest BCUT2D eigenvalue weighted by molar-refractivity contribution is -0.155. The maximum Gasteiger partial charge on any atom is 0.307 e. The van der Waals surface area contributed by atoms with Crippen LogP contribution in [0.15, 0.2) is 0 Å². The Hall–Kier alpha value is -0.570. The van der Waals surface area contributed by atoms with Gasteiger partial charge in [-0.2, -0.15) is 0 Å². The third kappa shape index (κ3) is 7.00. The van der Waals surface area contributed by atoms with Crippen LogP contribution >= 0.6 is 0 Å². The molecule has 0 radical (unpaired) electrons. The van der Waals surface area contributed by atoms with Gasteiger partial charge in [0.15, 0.2) is 0 Å². The van der Waals surface area contributed by atoms with Crippen LogP contribution in [-0.4, -0.2) is 35.6 Å². The fourth-order valence-corrected chi connectivity index (χ4v) is 1.97. The summed E-state index contributed by atoms with van der Waals surface area (Å²) in [5.41, 5.74) is -0.362. The summed E-state index contributed by atoms with van der Waals surface area (Å²) in [6.45, 7) is 12.2. The second-order valence-electron chi connectivity index (χ2n) is 6.79. The molecule has 0 aromatic rings. The van der Waals surface area contributed by atoms with E-state index in [2.05, 4.69) is 18.7 Å². The van der Waals surface area contributed by atoms with E-state index in [9.17, 15) is 4.79 Å². The first-order chi connectivity index (χ1) is 8.28. The molecule has 0 spiro atoms. The Balaban J connectivity index is 2.27. The fourth-order valence-electron chi connectivity index (χ4n) is 1.97. The molecule has 0 saturated heterocycles. The summed E-state index contributed by atoms with van der Waals surface area (Å²) in [5, 5.41) is 0. The Kier molecular flexibility index (Phi) is 5.64. The Bertz CT molecular complexity index is 264. The van der Waals surface area contributed by atoms with Gasteiger partial charge >= 0.3 is 5.97 Å². The molecule has 0 aromatic carbocycles. The molecular weight excluding hydrogens is 226 g/mol. The predicted molar refractivity (Wildman–Crippen MR) is 74.5 cm³/mol. The van der Waals surface area contributed by atoms with Gasteiger partial charge in [-0.05, 0) is 52.5 Å². The number of carbonyl (C=O) groups is 1. The van der Waals surface area contributed by atoms with Gasteiger partial charge in [0.1, 0.15) is 5.60 Å². The van der Waals surface area contributed by atoms with Gasteiger partial charge in [-0.25, -0.2) is 0 Å². The lowest BCUT2D eigenvalue weighted by Gasteiger charge is -2.24. The van der Waals surface area contributed by atoms with Crippen molar-refractivity contribution in [3.05, 3.63) is 0 Å². The summed E-state index contributed by atoms with van der Waals surface area (Å²) in [7, 11) is 0. The van der Waals surface area contributed by atoms with E-state index >= 15 is 0 Å². The van der Waals surface area contributed by atoms with Crippen LogP contribution in [0.5, 0.6) is 0 Å². The molecule has 3 heteroatoms. The van der Waals surface area contributed by atoms with Crippen LogP contribution in [0, 0.1) is 5.92 Å². The molecule has 1 aliphatic rings. The van der Waals surface area contributed by atoms with E-state index in [0.29, 0.717) is 6.42 Å². The second kappa shape index (κ2) is 6.55. The topological polar surface area (TPSA) is 29.5 Å². The number of hydrogen-bond donors (Lipinski definition) is 0. The van der Waals surface area contributed by atoms with Crippen molar-refractivity contribution in [1.29, 1.82) is 0 Å². The van der Waals surface area contributed by atoms with Crippen LogP contribution in [-0.2, 0) is 9.53 Å². The van der Waals surface area contributed by atoms with E-state index in [1.807, 2.05) is 20.8 Å². The van der Waals surface area contributed by atoms with Crippen molar-refractivity contribution < 1.29 is 9.53 Å². The quantitative estimate of drug-likeness (QED) is 0.654. The van der Waals surface area contributed by atoms with Crippen LogP contribution in [0.1, 0.15) is 60.3 Å². The van der Waals surface area contributed by atoms with Crippen LogP contribution in [0.2, 0.25) is 0 Å². The molecule has 1 aliphatic carbocycles. The number of rotatable bonds is 7. The zero-order valence-electron chi connectivity index (χ0n) is 12.7. The van der Waals surface area contributed by atoms with E-state index in [1.54, 1.807) is 0 Å². The average Bonchev–Trinajstić information content (AvgIpc) is 2.98. The minimum absolute atomic E-state index is 0.0716. The first-order valence-electron chi connectivity index (χ1n) is 7.24.